The molecule has 0 radical (unpaired) electrons. The first-order chi connectivity index (χ1) is 30.5. The Morgan fingerprint density at radius 1 is 0.500 bits per heavy atom. The first-order valence-electron chi connectivity index (χ1n) is 26.2. The lowest BCUT2D eigenvalue weighted by Gasteiger charge is -2.24. The third kappa shape index (κ3) is 43.9. The van der Waals surface area contributed by atoms with Gasteiger partial charge in [-0.05, 0) is 70.6 Å². The second-order valence-corrected chi connectivity index (χ2v) is 17.6. The fourth-order valence-electron chi connectivity index (χ4n) is 7.52. The van der Waals surface area contributed by atoms with Gasteiger partial charge in [0.2, 0.25) is 5.91 Å². The van der Waals surface area contributed by atoms with Crippen LogP contribution in [0.5, 0.6) is 0 Å². The average Bonchev–Trinajstić information content (AvgIpc) is 3.26. The van der Waals surface area contributed by atoms with Crippen molar-refractivity contribution in [1.29, 1.82) is 0 Å². The number of allylic oxidation sites excluding steroid dienone is 11. The van der Waals surface area contributed by atoms with E-state index in [0.717, 1.165) is 70.6 Å². The number of carbonyl (C=O) groups is 2. The van der Waals surface area contributed by atoms with Gasteiger partial charge in [-0.1, -0.05) is 229 Å². The van der Waals surface area contributed by atoms with Crippen LogP contribution in [0.1, 0.15) is 245 Å². The minimum absolute atomic E-state index is 0.0111. The minimum atomic E-state index is -0.817. The van der Waals surface area contributed by atoms with Crippen LogP contribution in [0, 0.1) is 0 Å². The summed E-state index contributed by atoms with van der Waals surface area (Å²) in [4.78, 5) is 26.1. The molecule has 0 aliphatic carbocycles. The number of hydrogen-bond donors (Lipinski definition) is 3. The highest BCUT2D eigenvalue weighted by molar-refractivity contribution is 5.77. The third-order valence-electron chi connectivity index (χ3n) is 11.5. The quantitative estimate of drug-likeness (QED) is 0.0245. The predicted octanol–water partition coefficient (Wildman–Crippen LogP) is 15.8. The highest BCUT2D eigenvalue weighted by Gasteiger charge is 2.23. The van der Waals surface area contributed by atoms with E-state index in [4.69, 9.17) is 4.74 Å². The number of unbranched alkanes of at least 4 members (excludes halogenated alkanes) is 24. The minimum Gasteiger partial charge on any atom is -0.461 e. The molecule has 62 heavy (non-hydrogen) atoms. The van der Waals surface area contributed by atoms with Gasteiger partial charge >= 0.3 is 5.97 Å². The molecule has 3 unspecified atom stereocenters. The molecule has 0 aromatic carbocycles. The predicted molar refractivity (Wildman–Crippen MR) is 268 cm³/mol. The molecule has 0 spiro atoms. The molecule has 0 saturated carbocycles. The Morgan fingerprint density at radius 3 is 1.42 bits per heavy atom. The summed E-state index contributed by atoms with van der Waals surface area (Å²) in [5.74, 6) is -0.608. The standard InChI is InChI=1S/C56H99NO5/c1-4-7-10-13-16-19-22-25-27-29-31-34-37-40-43-46-49-56(61)62-52(47-44-41-38-35-32-30-28-26-23-20-17-14-11-8-5-2)50-55(60)57-53(51-58)54(59)48-45-42-39-36-33-24-21-18-15-12-9-6-3/h17,20,26-29,31-32,34-35,41,44,52-54,58-59H,4-16,18-19,21-25,30,33,36-40,42-43,45-51H2,1-3H3,(H,57,60)/b20-17-,28-26-,29-27+,34-31+,35-32-,44-41-. The summed E-state index contributed by atoms with van der Waals surface area (Å²) in [6.07, 6.45) is 62.6. The van der Waals surface area contributed by atoms with E-state index in [0.29, 0.717) is 19.3 Å². The van der Waals surface area contributed by atoms with Crippen LogP contribution >= 0.6 is 0 Å². The van der Waals surface area contributed by atoms with E-state index >= 15 is 0 Å². The number of aliphatic hydroxyl groups excluding tert-OH is 2. The molecule has 1 amide bonds. The summed E-state index contributed by atoms with van der Waals surface area (Å²) in [5.41, 5.74) is 0. The first kappa shape index (κ1) is 59.3. The molecule has 0 aliphatic rings. The van der Waals surface area contributed by atoms with Gasteiger partial charge in [0.25, 0.3) is 0 Å². The van der Waals surface area contributed by atoms with Gasteiger partial charge < -0.3 is 20.3 Å². The highest BCUT2D eigenvalue weighted by Crippen LogP contribution is 2.16. The average molecular weight is 866 g/mol. The van der Waals surface area contributed by atoms with Gasteiger partial charge in [0, 0.05) is 12.8 Å². The van der Waals surface area contributed by atoms with E-state index in [9.17, 15) is 19.8 Å². The third-order valence-corrected chi connectivity index (χ3v) is 11.5. The fourth-order valence-corrected chi connectivity index (χ4v) is 7.52. The molecule has 0 bridgehead atoms. The van der Waals surface area contributed by atoms with Crippen LogP contribution in [0.3, 0.4) is 0 Å². The van der Waals surface area contributed by atoms with Gasteiger partial charge in [-0.25, -0.2) is 0 Å². The van der Waals surface area contributed by atoms with Gasteiger partial charge in [0.1, 0.15) is 6.10 Å². The van der Waals surface area contributed by atoms with Crippen LogP contribution in [0.25, 0.3) is 0 Å². The Kier molecular flexibility index (Phi) is 47.2. The molecule has 3 atom stereocenters. The SMILES string of the molecule is CCCCC/C=C\C/C=C\C/C=C\C/C=C\CC(CC(=O)NC(CO)C(O)CCCCCCCCCCCCCC)OC(=O)CCCCC/C=C/C=C/CCCCCCCCC. The van der Waals surface area contributed by atoms with Crippen LogP contribution < -0.4 is 5.32 Å². The lowest BCUT2D eigenvalue weighted by molar-refractivity contribution is -0.150. The van der Waals surface area contributed by atoms with Gasteiger partial charge in [-0.2, -0.15) is 0 Å². The van der Waals surface area contributed by atoms with Crippen molar-refractivity contribution >= 4 is 11.9 Å². The van der Waals surface area contributed by atoms with Crippen molar-refractivity contribution in [2.24, 2.45) is 0 Å². The lowest BCUT2D eigenvalue weighted by atomic mass is 10.0. The number of rotatable bonds is 46. The van der Waals surface area contributed by atoms with Crippen LogP contribution in [0.4, 0.5) is 0 Å². The lowest BCUT2D eigenvalue weighted by Crippen LogP contribution is -2.46. The Bertz CT molecular complexity index is 1150. The molecule has 0 aromatic heterocycles. The van der Waals surface area contributed by atoms with Crippen LogP contribution in [-0.4, -0.2) is 46.9 Å². The summed E-state index contributed by atoms with van der Waals surface area (Å²) >= 11 is 0. The highest BCUT2D eigenvalue weighted by atomic mass is 16.5. The maximum absolute atomic E-state index is 13.2. The molecule has 6 heteroatoms. The Labute approximate surface area is 383 Å². The van der Waals surface area contributed by atoms with Crippen molar-refractivity contribution in [3.05, 3.63) is 72.9 Å². The Balaban J connectivity index is 4.77. The molecule has 0 aromatic rings. The summed E-state index contributed by atoms with van der Waals surface area (Å²) in [6.45, 7) is 6.41. The molecule has 0 saturated heterocycles. The van der Waals surface area contributed by atoms with E-state index in [-0.39, 0.29) is 24.9 Å². The number of nitrogens with one attached hydrogen (secondary N) is 1. The van der Waals surface area contributed by atoms with Crippen LogP contribution in [-0.2, 0) is 14.3 Å². The van der Waals surface area contributed by atoms with Crippen LogP contribution in [0.15, 0.2) is 72.9 Å². The molecule has 0 aliphatic heterocycles. The topological polar surface area (TPSA) is 95.9 Å². The Morgan fingerprint density at radius 2 is 0.903 bits per heavy atom. The van der Waals surface area contributed by atoms with Crippen molar-refractivity contribution < 1.29 is 24.5 Å². The van der Waals surface area contributed by atoms with E-state index in [2.05, 4.69) is 86.8 Å². The van der Waals surface area contributed by atoms with Gasteiger partial charge in [0.15, 0.2) is 0 Å². The fraction of sp³-hybridized carbons (Fsp3) is 0.750. The summed E-state index contributed by atoms with van der Waals surface area (Å²) < 4.78 is 5.86. The van der Waals surface area contributed by atoms with Crippen molar-refractivity contribution in [1.82, 2.24) is 5.32 Å². The van der Waals surface area contributed by atoms with Gasteiger partial charge in [-0.3, -0.25) is 9.59 Å². The number of aliphatic hydroxyl groups is 2. The normalized spacial score (nSPS) is 13.8. The first-order valence-corrected chi connectivity index (χ1v) is 26.2. The monoisotopic (exact) mass is 866 g/mol. The second kappa shape index (κ2) is 49.3. The van der Waals surface area contributed by atoms with E-state index in [1.807, 2.05) is 12.2 Å². The molecular formula is C56H99NO5. The zero-order chi connectivity index (χ0) is 45.2. The van der Waals surface area contributed by atoms with Crippen molar-refractivity contribution in [3.8, 4) is 0 Å². The molecule has 0 heterocycles. The number of ether oxygens (including phenoxy) is 1. The summed E-state index contributed by atoms with van der Waals surface area (Å²) in [5, 5.41) is 23.7. The van der Waals surface area contributed by atoms with E-state index < -0.39 is 18.2 Å². The molecule has 358 valence electrons. The number of carbonyl (C=O) groups excluding carboxylic acids is 2. The van der Waals surface area contributed by atoms with Crippen molar-refractivity contribution in [2.45, 2.75) is 264 Å². The second-order valence-electron chi connectivity index (χ2n) is 17.6. The zero-order valence-electron chi connectivity index (χ0n) is 40.7. The number of hydrogen-bond acceptors (Lipinski definition) is 5. The summed E-state index contributed by atoms with van der Waals surface area (Å²) in [7, 11) is 0. The smallest absolute Gasteiger partial charge is 0.306 e. The number of esters is 1. The molecule has 6 nitrogen and oxygen atoms in total. The largest absolute Gasteiger partial charge is 0.461 e. The van der Waals surface area contributed by atoms with E-state index in [1.165, 1.54) is 128 Å². The Hall–Kier alpha value is -2.70. The van der Waals surface area contributed by atoms with Gasteiger partial charge in [0.05, 0.1) is 25.2 Å². The molecular weight excluding hydrogens is 767 g/mol. The maximum Gasteiger partial charge on any atom is 0.306 e. The molecule has 0 rings (SSSR count). The maximum atomic E-state index is 13.2. The van der Waals surface area contributed by atoms with Crippen molar-refractivity contribution in [2.75, 3.05) is 6.61 Å². The van der Waals surface area contributed by atoms with E-state index in [1.54, 1.807) is 0 Å². The van der Waals surface area contributed by atoms with Crippen LogP contribution in [0.2, 0.25) is 0 Å². The summed E-state index contributed by atoms with van der Waals surface area (Å²) in [6, 6.07) is -0.738. The van der Waals surface area contributed by atoms with Crippen molar-refractivity contribution in [3.63, 3.8) is 0 Å². The van der Waals surface area contributed by atoms with Gasteiger partial charge in [-0.15, -0.1) is 0 Å². The number of amides is 1. The molecule has 3 N–H and O–H groups in total. The zero-order valence-corrected chi connectivity index (χ0v) is 40.7. The molecule has 0 fully saturated rings.